The second-order valence-corrected chi connectivity index (χ2v) is 8.86. The van der Waals surface area contributed by atoms with Crippen LogP contribution in [0.3, 0.4) is 0 Å². The van der Waals surface area contributed by atoms with Gasteiger partial charge >= 0.3 is 0 Å². The summed E-state index contributed by atoms with van der Waals surface area (Å²) in [6, 6.07) is 12.2. The van der Waals surface area contributed by atoms with Gasteiger partial charge in [0, 0.05) is 12.1 Å². The van der Waals surface area contributed by atoms with E-state index in [0.717, 1.165) is 42.6 Å². The normalized spacial score (nSPS) is 19.5. The average Bonchev–Trinajstić information content (AvgIpc) is 3.07. The third-order valence-corrected chi connectivity index (χ3v) is 6.04. The predicted octanol–water partition coefficient (Wildman–Crippen LogP) is 5.02. The van der Waals surface area contributed by atoms with Gasteiger partial charge in [-0.25, -0.2) is 0 Å². The van der Waals surface area contributed by atoms with Gasteiger partial charge in [-0.2, -0.15) is 0 Å². The number of fused-ring (bicyclic) bond motifs is 1. The van der Waals surface area contributed by atoms with Crippen molar-refractivity contribution in [3.8, 4) is 11.5 Å². The highest BCUT2D eigenvalue weighted by Gasteiger charge is 2.45. The number of nitrogens with zero attached hydrogens (tertiary/aromatic N) is 1. The van der Waals surface area contributed by atoms with Gasteiger partial charge < -0.3 is 19.5 Å². The van der Waals surface area contributed by atoms with Crippen molar-refractivity contribution in [3.63, 3.8) is 0 Å². The molecule has 1 fully saturated rings. The summed E-state index contributed by atoms with van der Waals surface area (Å²) in [7, 11) is 0. The molecule has 1 saturated heterocycles. The van der Waals surface area contributed by atoms with Gasteiger partial charge in [0.05, 0.1) is 24.3 Å². The van der Waals surface area contributed by atoms with Gasteiger partial charge in [0.2, 0.25) is 0 Å². The SMILES string of the molecule is CCCCN1C(=O)C(=O)/C(=C(\O)c2ccc3c(c2)CCCO3)C1c1ccc(OC(C)C)cc1. The standard InChI is InChI=1S/C27H31NO5/c1-4-5-14-28-24(18-8-11-21(12-9-18)33-17(2)3)23(26(30)27(28)31)25(29)20-10-13-22-19(16-20)7-6-15-32-22/h8-13,16-17,24,29H,4-7,14-15H2,1-3H3/b25-23-. The van der Waals surface area contributed by atoms with Crippen molar-refractivity contribution in [2.75, 3.05) is 13.2 Å². The number of rotatable bonds is 7. The minimum Gasteiger partial charge on any atom is -0.507 e. The fraction of sp³-hybridized carbons (Fsp3) is 0.407. The van der Waals surface area contributed by atoms with Gasteiger partial charge in [0.15, 0.2) is 0 Å². The number of aliphatic hydroxyl groups excluding tert-OH is 1. The molecule has 4 rings (SSSR count). The van der Waals surface area contributed by atoms with Crippen LogP contribution in [0.1, 0.15) is 62.8 Å². The molecule has 2 aromatic rings. The number of likely N-dealkylation sites (tertiary alicyclic amines) is 1. The van der Waals surface area contributed by atoms with E-state index in [1.165, 1.54) is 0 Å². The number of ether oxygens (including phenoxy) is 2. The molecular formula is C27H31NO5. The van der Waals surface area contributed by atoms with E-state index in [4.69, 9.17) is 9.47 Å². The Hall–Kier alpha value is -3.28. The fourth-order valence-corrected chi connectivity index (χ4v) is 4.45. The van der Waals surface area contributed by atoms with E-state index in [9.17, 15) is 14.7 Å². The number of carbonyl (C=O) groups is 2. The van der Waals surface area contributed by atoms with E-state index in [0.29, 0.717) is 24.5 Å². The number of hydrogen-bond donors (Lipinski definition) is 1. The summed E-state index contributed by atoms with van der Waals surface area (Å²) in [5.41, 5.74) is 2.42. The molecule has 0 aliphatic carbocycles. The van der Waals surface area contributed by atoms with Crippen LogP contribution in [0, 0.1) is 0 Å². The lowest BCUT2D eigenvalue weighted by molar-refractivity contribution is -0.139. The van der Waals surface area contributed by atoms with Crippen molar-refractivity contribution in [1.29, 1.82) is 0 Å². The molecule has 174 valence electrons. The number of aliphatic hydroxyl groups is 1. The fourth-order valence-electron chi connectivity index (χ4n) is 4.45. The predicted molar refractivity (Wildman–Crippen MR) is 126 cm³/mol. The maximum Gasteiger partial charge on any atom is 0.295 e. The Balaban J connectivity index is 1.78. The summed E-state index contributed by atoms with van der Waals surface area (Å²) in [5, 5.41) is 11.3. The molecule has 0 spiro atoms. The Morgan fingerprint density at radius 2 is 1.94 bits per heavy atom. The molecule has 0 radical (unpaired) electrons. The minimum absolute atomic E-state index is 0.0408. The molecule has 1 atom stereocenters. The Morgan fingerprint density at radius 1 is 1.18 bits per heavy atom. The van der Waals surface area contributed by atoms with Crippen molar-refractivity contribution < 1.29 is 24.2 Å². The lowest BCUT2D eigenvalue weighted by atomic mass is 9.94. The highest BCUT2D eigenvalue weighted by atomic mass is 16.5. The second kappa shape index (κ2) is 9.69. The van der Waals surface area contributed by atoms with Crippen LogP contribution in [0.25, 0.3) is 5.76 Å². The smallest absolute Gasteiger partial charge is 0.295 e. The van der Waals surface area contributed by atoms with Crippen molar-refractivity contribution in [2.45, 2.75) is 58.6 Å². The zero-order chi connectivity index (χ0) is 23.5. The quantitative estimate of drug-likeness (QED) is 0.365. The summed E-state index contributed by atoms with van der Waals surface area (Å²) < 4.78 is 11.4. The number of amides is 1. The molecule has 1 unspecified atom stereocenters. The maximum absolute atomic E-state index is 13.1. The van der Waals surface area contributed by atoms with Crippen LogP contribution >= 0.6 is 0 Å². The first kappa shape index (κ1) is 22.9. The average molecular weight is 450 g/mol. The van der Waals surface area contributed by atoms with Crippen LogP contribution in [0.5, 0.6) is 11.5 Å². The molecule has 2 aromatic carbocycles. The lowest BCUT2D eigenvalue weighted by Gasteiger charge is -2.25. The summed E-state index contributed by atoms with van der Waals surface area (Å²) in [6.07, 6.45) is 3.46. The van der Waals surface area contributed by atoms with E-state index in [1.807, 2.05) is 57.2 Å². The summed E-state index contributed by atoms with van der Waals surface area (Å²) in [5.74, 6) is 0.157. The topological polar surface area (TPSA) is 76.1 Å². The molecule has 1 amide bonds. The third kappa shape index (κ3) is 4.61. The minimum atomic E-state index is -0.648. The zero-order valence-corrected chi connectivity index (χ0v) is 19.5. The number of ketones is 1. The number of hydrogen-bond acceptors (Lipinski definition) is 5. The van der Waals surface area contributed by atoms with Crippen molar-refractivity contribution in [3.05, 3.63) is 64.7 Å². The van der Waals surface area contributed by atoms with Crippen LogP contribution in [0.15, 0.2) is 48.0 Å². The number of carbonyl (C=O) groups excluding carboxylic acids is 2. The van der Waals surface area contributed by atoms with E-state index >= 15 is 0 Å². The molecule has 6 nitrogen and oxygen atoms in total. The first-order chi connectivity index (χ1) is 15.9. The molecular weight excluding hydrogens is 418 g/mol. The Bertz CT molecular complexity index is 1070. The van der Waals surface area contributed by atoms with Crippen LogP contribution in [-0.4, -0.2) is 41.0 Å². The maximum atomic E-state index is 13.1. The van der Waals surface area contributed by atoms with Gasteiger partial charge in [-0.15, -0.1) is 0 Å². The van der Waals surface area contributed by atoms with E-state index in [2.05, 4.69) is 0 Å². The first-order valence-electron chi connectivity index (χ1n) is 11.7. The molecule has 2 aliphatic rings. The highest BCUT2D eigenvalue weighted by molar-refractivity contribution is 6.46. The van der Waals surface area contributed by atoms with Gasteiger partial charge in [-0.3, -0.25) is 9.59 Å². The molecule has 0 saturated carbocycles. The number of aryl methyl sites for hydroxylation is 1. The zero-order valence-electron chi connectivity index (χ0n) is 19.5. The second-order valence-electron chi connectivity index (χ2n) is 8.86. The van der Waals surface area contributed by atoms with Crippen molar-refractivity contribution >= 4 is 17.4 Å². The van der Waals surface area contributed by atoms with Crippen molar-refractivity contribution in [2.24, 2.45) is 0 Å². The molecule has 0 bridgehead atoms. The number of benzene rings is 2. The Morgan fingerprint density at radius 3 is 2.64 bits per heavy atom. The van der Waals surface area contributed by atoms with Crippen molar-refractivity contribution in [1.82, 2.24) is 4.90 Å². The largest absolute Gasteiger partial charge is 0.507 e. The van der Waals surface area contributed by atoms with Crippen LogP contribution in [0.4, 0.5) is 0 Å². The lowest BCUT2D eigenvalue weighted by Crippen LogP contribution is -2.30. The summed E-state index contributed by atoms with van der Waals surface area (Å²) in [4.78, 5) is 27.7. The van der Waals surface area contributed by atoms with Crippen LogP contribution < -0.4 is 9.47 Å². The van der Waals surface area contributed by atoms with Gasteiger partial charge in [0.25, 0.3) is 11.7 Å². The Labute approximate surface area is 194 Å². The molecule has 2 heterocycles. The van der Waals surface area contributed by atoms with Crippen LogP contribution in [-0.2, 0) is 16.0 Å². The number of unbranched alkanes of at least 4 members (excludes halogenated alkanes) is 1. The monoisotopic (exact) mass is 449 g/mol. The number of Topliss-reactive ketones (excluding diaryl/α,β-unsaturated/α-hetero) is 1. The van der Waals surface area contributed by atoms with Gasteiger partial charge in [-0.1, -0.05) is 25.5 Å². The third-order valence-electron chi connectivity index (χ3n) is 6.04. The molecule has 2 aliphatic heterocycles. The first-order valence-corrected chi connectivity index (χ1v) is 11.7. The summed E-state index contributed by atoms with van der Waals surface area (Å²) in [6.45, 7) is 7.08. The van der Waals surface area contributed by atoms with E-state index < -0.39 is 17.7 Å². The summed E-state index contributed by atoms with van der Waals surface area (Å²) >= 11 is 0. The van der Waals surface area contributed by atoms with E-state index in [-0.39, 0.29) is 17.4 Å². The molecule has 6 heteroatoms. The van der Waals surface area contributed by atoms with E-state index in [1.54, 1.807) is 11.0 Å². The molecule has 33 heavy (non-hydrogen) atoms. The Kier molecular flexibility index (Phi) is 6.72. The van der Waals surface area contributed by atoms with Gasteiger partial charge in [0.1, 0.15) is 17.3 Å². The highest BCUT2D eigenvalue weighted by Crippen LogP contribution is 2.40. The van der Waals surface area contributed by atoms with Crippen LogP contribution in [0.2, 0.25) is 0 Å². The molecule has 1 N–H and O–H groups in total. The molecule has 0 aromatic heterocycles. The van der Waals surface area contributed by atoms with Gasteiger partial charge in [-0.05, 0) is 74.6 Å².